The number of methoxy groups -OCH3 is 1. The summed E-state index contributed by atoms with van der Waals surface area (Å²) >= 11 is 0. The van der Waals surface area contributed by atoms with E-state index < -0.39 is 0 Å². The van der Waals surface area contributed by atoms with Crippen LogP contribution in [0.1, 0.15) is 20.8 Å². The Bertz CT molecular complexity index is 256. The highest BCUT2D eigenvalue weighted by atomic mass is 16.5. The monoisotopic (exact) mass is 244 g/mol. The van der Waals surface area contributed by atoms with E-state index in [1.54, 1.807) is 18.9 Å². The second-order valence-electron chi connectivity index (χ2n) is 4.35. The summed E-state index contributed by atoms with van der Waals surface area (Å²) in [4.78, 5) is 24.8. The normalized spacial score (nSPS) is 13.9. The van der Waals surface area contributed by atoms with Crippen LogP contribution in [0.3, 0.4) is 0 Å². The van der Waals surface area contributed by atoms with Crippen LogP contribution in [0.2, 0.25) is 0 Å². The topological polar surface area (TPSA) is 58.6 Å². The molecule has 0 aromatic carbocycles. The van der Waals surface area contributed by atoms with Crippen molar-refractivity contribution in [3.05, 3.63) is 0 Å². The minimum absolute atomic E-state index is 0.0432. The molecule has 0 radical (unpaired) electrons. The number of esters is 1. The lowest BCUT2D eigenvalue weighted by Crippen LogP contribution is -2.40. The molecule has 1 amide bonds. The molecule has 0 rings (SSSR count). The summed E-state index contributed by atoms with van der Waals surface area (Å²) in [6.07, 6.45) is 0. The van der Waals surface area contributed by atoms with Crippen molar-refractivity contribution in [1.29, 1.82) is 0 Å². The molecule has 0 heterocycles. The predicted octanol–water partition coefficient (Wildman–Crippen LogP) is 0.500. The Labute approximate surface area is 103 Å². The standard InChI is InChI=1S/C12H24N2O3/c1-6-13-7-9(2)11(15)14(4)8-10(3)12(16)17-5/h9-10,13H,6-8H2,1-5H3. The van der Waals surface area contributed by atoms with Gasteiger partial charge in [0, 0.05) is 26.1 Å². The molecule has 0 saturated carbocycles. The molecule has 1 N–H and O–H groups in total. The zero-order chi connectivity index (χ0) is 13.4. The first-order chi connectivity index (χ1) is 7.93. The molecule has 2 atom stereocenters. The summed E-state index contributed by atoms with van der Waals surface area (Å²) in [7, 11) is 3.07. The molecule has 0 saturated heterocycles. The number of ether oxygens (including phenoxy) is 1. The fourth-order valence-electron chi connectivity index (χ4n) is 1.60. The third-order valence-corrected chi connectivity index (χ3v) is 2.65. The first-order valence-electron chi connectivity index (χ1n) is 5.97. The Balaban J connectivity index is 4.16. The van der Waals surface area contributed by atoms with Gasteiger partial charge in [0.05, 0.1) is 13.0 Å². The molecule has 0 aromatic heterocycles. The van der Waals surface area contributed by atoms with E-state index in [2.05, 4.69) is 10.1 Å². The van der Waals surface area contributed by atoms with Gasteiger partial charge in [-0.1, -0.05) is 20.8 Å². The molecular weight excluding hydrogens is 220 g/mol. The molecule has 17 heavy (non-hydrogen) atoms. The van der Waals surface area contributed by atoms with Gasteiger partial charge in [0.1, 0.15) is 0 Å². The first-order valence-corrected chi connectivity index (χ1v) is 5.97. The van der Waals surface area contributed by atoms with Gasteiger partial charge < -0.3 is 15.0 Å². The van der Waals surface area contributed by atoms with Gasteiger partial charge in [0.2, 0.25) is 5.91 Å². The molecular formula is C12H24N2O3. The maximum Gasteiger partial charge on any atom is 0.310 e. The summed E-state index contributed by atoms with van der Waals surface area (Å²) in [6, 6.07) is 0. The average Bonchev–Trinajstić information content (AvgIpc) is 2.33. The molecule has 0 aliphatic rings. The summed E-state index contributed by atoms with van der Waals surface area (Å²) < 4.78 is 4.63. The molecule has 2 unspecified atom stereocenters. The number of hydrogen-bond acceptors (Lipinski definition) is 4. The van der Waals surface area contributed by atoms with Crippen LogP contribution in [-0.2, 0) is 14.3 Å². The van der Waals surface area contributed by atoms with Crippen molar-refractivity contribution in [3.63, 3.8) is 0 Å². The Morgan fingerprint density at radius 3 is 2.35 bits per heavy atom. The van der Waals surface area contributed by atoms with Gasteiger partial charge >= 0.3 is 5.97 Å². The lowest BCUT2D eigenvalue weighted by molar-refractivity contribution is -0.146. The van der Waals surface area contributed by atoms with E-state index in [4.69, 9.17) is 0 Å². The third kappa shape index (κ3) is 5.68. The zero-order valence-electron chi connectivity index (χ0n) is 11.4. The van der Waals surface area contributed by atoms with E-state index in [1.807, 2.05) is 13.8 Å². The zero-order valence-corrected chi connectivity index (χ0v) is 11.4. The van der Waals surface area contributed by atoms with Crippen LogP contribution in [-0.4, -0.2) is 50.6 Å². The highest BCUT2D eigenvalue weighted by Gasteiger charge is 2.21. The smallest absolute Gasteiger partial charge is 0.310 e. The maximum absolute atomic E-state index is 11.9. The number of nitrogens with one attached hydrogen (secondary N) is 1. The molecule has 0 aliphatic heterocycles. The molecule has 100 valence electrons. The predicted molar refractivity (Wildman–Crippen MR) is 66.5 cm³/mol. The van der Waals surface area contributed by atoms with Crippen LogP contribution in [0.25, 0.3) is 0 Å². The molecule has 5 nitrogen and oxygen atoms in total. The van der Waals surface area contributed by atoms with Crippen LogP contribution in [0.4, 0.5) is 0 Å². The van der Waals surface area contributed by atoms with E-state index >= 15 is 0 Å². The number of hydrogen-bond donors (Lipinski definition) is 1. The van der Waals surface area contributed by atoms with Crippen LogP contribution >= 0.6 is 0 Å². The van der Waals surface area contributed by atoms with Crippen molar-refractivity contribution >= 4 is 11.9 Å². The van der Waals surface area contributed by atoms with Crippen LogP contribution in [0.15, 0.2) is 0 Å². The quantitative estimate of drug-likeness (QED) is 0.663. The number of amides is 1. The largest absolute Gasteiger partial charge is 0.469 e. The second-order valence-corrected chi connectivity index (χ2v) is 4.35. The number of rotatable bonds is 7. The number of carbonyl (C=O) groups is 2. The van der Waals surface area contributed by atoms with Crippen molar-refractivity contribution < 1.29 is 14.3 Å². The van der Waals surface area contributed by atoms with Crippen molar-refractivity contribution in [2.75, 3.05) is 33.8 Å². The summed E-state index contributed by atoms with van der Waals surface area (Å²) in [5, 5.41) is 3.13. The Morgan fingerprint density at radius 1 is 1.29 bits per heavy atom. The molecule has 0 aliphatic carbocycles. The lowest BCUT2D eigenvalue weighted by atomic mass is 10.1. The van der Waals surface area contributed by atoms with Gasteiger partial charge in [-0.2, -0.15) is 0 Å². The summed E-state index contributed by atoms with van der Waals surface area (Å²) in [6.45, 7) is 7.53. The first kappa shape index (κ1) is 15.9. The van der Waals surface area contributed by atoms with Gasteiger partial charge in [-0.3, -0.25) is 9.59 Å². The van der Waals surface area contributed by atoms with E-state index in [-0.39, 0.29) is 23.7 Å². The lowest BCUT2D eigenvalue weighted by Gasteiger charge is -2.23. The van der Waals surface area contributed by atoms with Crippen LogP contribution in [0, 0.1) is 11.8 Å². The minimum Gasteiger partial charge on any atom is -0.469 e. The van der Waals surface area contributed by atoms with Crippen molar-refractivity contribution in [2.24, 2.45) is 11.8 Å². The van der Waals surface area contributed by atoms with Gasteiger partial charge in [0.25, 0.3) is 0 Å². The van der Waals surface area contributed by atoms with E-state index in [0.29, 0.717) is 13.1 Å². The molecule has 0 spiro atoms. The average molecular weight is 244 g/mol. The van der Waals surface area contributed by atoms with Crippen molar-refractivity contribution in [3.8, 4) is 0 Å². The van der Waals surface area contributed by atoms with Crippen LogP contribution < -0.4 is 5.32 Å². The minimum atomic E-state index is -0.291. The second kappa shape index (κ2) is 8.06. The number of nitrogens with zero attached hydrogens (tertiary/aromatic N) is 1. The molecule has 0 aromatic rings. The van der Waals surface area contributed by atoms with Gasteiger partial charge in [-0.25, -0.2) is 0 Å². The van der Waals surface area contributed by atoms with E-state index in [9.17, 15) is 9.59 Å². The highest BCUT2D eigenvalue weighted by Crippen LogP contribution is 2.05. The summed E-state index contributed by atoms with van der Waals surface area (Å²) in [5.74, 6) is -0.615. The number of carbonyl (C=O) groups excluding carboxylic acids is 2. The van der Waals surface area contributed by atoms with Gasteiger partial charge in [-0.15, -0.1) is 0 Å². The maximum atomic E-state index is 11.9. The highest BCUT2D eigenvalue weighted by molar-refractivity contribution is 5.79. The summed E-state index contributed by atoms with van der Waals surface area (Å²) in [5.41, 5.74) is 0. The van der Waals surface area contributed by atoms with E-state index in [0.717, 1.165) is 6.54 Å². The van der Waals surface area contributed by atoms with Crippen molar-refractivity contribution in [1.82, 2.24) is 10.2 Å². The van der Waals surface area contributed by atoms with Crippen LogP contribution in [0.5, 0.6) is 0 Å². The molecule has 0 bridgehead atoms. The fraction of sp³-hybridized carbons (Fsp3) is 0.833. The Kier molecular flexibility index (Phi) is 7.54. The fourth-order valence-corrected chi connectivity index (χ4v) is 1.60. The SMILES string of the molecule is CCNCC(C)C(=O)N(C)CC(C)C(=O)OC. The van der Waals surface area contributed by atoms with Crippen molar-refractivity contribution in [2.45, 2.75) is 20.8 Å². The Morgan fingerprint density at radius 2 is 1.88 bits per heavy atom. The molecule has 5 heteroatoms. The van der Waals surface area contributed by atoms with Gasteiger partial charge in [0.15, 0.2) is 0 Å². The van der Waals surface area contributed by atoms with E-state index in [1.165, 1.54) is 7.11 Å². The van der Waals surface area contributed by atoms with Gasteiger partial charge in [-0.05, 0) is 6.54 Å². The molecule has 0 fully saturated rings. The Hall–Kier alpha value is -1.10. The third-order valence-electron chi connectivity index (χ3n) is 2.65.